The Morgan fingerprint density at radius 3 is 2.54 bits per heavy atom. The van der Waals surface area contributed by atoms with Gasteiger partial charge >= 0.3 is 5.97 Å². The van der Waals surface area contributed by atoms with Crippen molar-refractivity contribution in [3.8, 4) is 0 Å². The average Bonchev–Trinajstić information content (AvgIpc) is 2.92. The highest BCUT2D eigenvalue weighted by atomic mass is 35.5. The molecule has 1 N–H and O–H groups in total. The van der Waals surface area contributed by atoms with E-state index in [2.05, 4.69) is 10.2 Å². The van der Waals surface area contributed by atoms with Gasteiger partial charge in [-0.1, -0.05) is 53.7 Å². The number of amidine groups is 1. The Hall–Kier alpha value is -2.64. The fourth-order valence-corrected chi connectivity index (χ4v) is 3.54. The molecule has 26 heavy (non-hydrogen) atoms. The number of amides is 1. The smallest absolute Gasteiger partial charge is 0.305 e. The Kier molecular flexibility index (Phi) is 5.70. The maximum absolute atomic E-state index is 12.6. The van der Waals surface area contributed by atoms with Crippen molar-refractivity contribution in [1.29, 1.82) is 0 Å². The number of para-hydroxylation sites is 1. The molecular formula is C18H14ClN3O3S. The summed E-state index contributed by atoms with van der Waals surface area (Å²) >= 11 is 6.94. The van der Waals surface area contributed by atoms with Crippen molar-refractivity contribution in [3.63, 3.8) is 0 Å². The molecule has 1 fully saturated rings. The van der Waals surface area contributed by atoms with Crippen molar-refractivity contribution in [3.05, 3.63) is 65.2 Å². The summed E-state index contributed by atoms with van der Waals surface area (Å²) in [7, 11) is 0. The summed E-state index contributed by atoms with van der Waals surface area (Å²) in [6.45, 7) is 0. The number of hydrogen-bond donors (Lipinski definition) is 1. The fourth-order valence-electron chi connectivity index (χ4n) is 2.33. The molecule has 1 aliphatic rings. The zero-order valence-corrected chi connectivity index (χ0v) is 15.0. The largest absolute Gasteiger partial charge is 0.481 e. The summed E-state index contributed by atoms with van der Waals surface area (Å²) in [5, 5.41) is 17.4. The summed E-state index contributed by atoms with van der Waals surface area (Å²) in [4.78, 5) is 25.0. The Morgan fingerprint density at radius 2 is 1.88 bits per heavy atom. The molecule has 0 aliphatic carbocycles. The molecule has 2 aromatic rings. The zero-order chi connectivity index (χ0) is 18.5. The molecule has 8 heteroatoms. The van der Waals surface area contributed by atoms with E-state index in [1.165, 1.54) is 4.90 Å². The second-order valence-electron chi connectivity index (χ2n) is 5.39. The number of benzene rings is 2. The van der Waals surface area contributed by atoms with Crippen LogP contribution in [0.5, 0.6) is 0 Å². The van der Waals surface area contributed by atoms with Crippen LogP contribution in [-0.2, 0) is 9.59 Å². The van der Waals surface area contributed by atoms with E-state index in [1.807, 2.05) is 6.07 Å². The number of carbonyl (C=O) groups excluding carboxylic acids is 1. The lowest BCUT2D eigenvalue weighted by Gasteiger charge is -2.15. The van der Waals surface area contributed by atoms with E-state index in [9.17, 15) is 9.59 Å². The van der Waals surface area contributed by atoms with Gasteiger partial charge in [-0.3, -0.25) is 14.5 Å². The molecule has 1 saturated heterocycles. The fraction of sp³-hybridized carbons (Fsp3) is 0.111. The predicted octanol–water partition coefficient (Wildman–Crippen LogP) is 3.65. The Labute approximate surface area is 159 Å². The normalized spacial score (nSPS) is 18.8. The molecule has 0 bridgehead atoms. The number of carbonyl (C=O) groups is 2. The van der Waals surface area contributed by atoms with Gasteiger partial charge in [0.2, 0.25) is 5.91 Å². The Bertz CT molecular complexity index is 869. The van der Waals surface area contributed by atoms with Gasteiger partial charge < -0.3 is 5.11 Å². The van der Waals surface area contributed by atoms with Gasteiger partial charge in [0.05, 0.1) is 18.3 Å². The van der Waals surface area contributed by atoms with Gasteiger partial charge in [-0.05, 0) is 29.8 Å². The molecule has 3 rings (SSSR count). The van der Waals surface area contributed by atoms with Gasteiger partial charge in [0.15, 0.2) is 5.17 Å². The summed E-state index contributed by atoms with van der Waals surface area (Å²) < 4.78 is 0. The van der Waals surface area contributed by atoms with Crippen molar-refractivity contribution >= 4 is 52.3 Å². The van der Waals surface area contributed by atoms with Crippen molar-refractivity contribution < 1.29 is 14.7 Å². The van der Waals surface area contributed by atoms with Crippen LogP contribution in [0, 0.1) is 0 Å². The number of anilines is 1. The van der Waals surface area contributed by atoms with Crippen LogP contribution in [0.4, 0.5) is 5.69 Å². The van der Waals surface area contributed by atoms with Crippen LogP contribution < -0.4 is 4.90 Å². The van der Waals surface area contributed by atoms with Crippen LogP contribution in [0.3, 0.4) is 0 Å². The summed E-state index contributed by atoms with van der Waals surface area (Å²) in [5.41, 5.74) is 1.43. The third kappa shape index (κ3) is 4.30. The molecule has 2 aromatic carbocycles. The first-order valence-corrected chi connectivity index (χ1v) is 8.94. The highest BCUT2D eigenvalue weighted by molar-refractivity contribution is 8.16. The van der Waals surface area contributed by atoms with Crippen LogP contribution >= 0.6 is 23.4 Å². The number of carboxylic acids is 1. The molecule has 132 valence electrons. The number of carboxylic acid groups (broad SMARTS) is 1. The van der Waals surface area contributed by atoms with Crippen molar-refractivity contribution in [2.24, 2.45) is 10.2 Å². The van der Waals surface area contributed by atoms with Gasteiger partial charge in [-0.15, -0.1) is 5.10 Å². The first-order valence-electron chi connectivity index (χ1n) is 7.68. The molecule has 1 aliphatic heterocycles. The summed E-state index contributed by atoms with van der Waals surface area (Å²) in [6, 6.07) is 16.0. The minimum Gasteiger partial charge on any atom is -0.481 e. The molecule has 1 atom stereocenters. The second kappa shape index (κ2) is 8.16. The van der Waals surface area contributed by atoms with E-state index in [1.54, 1.807) is 54.7 Å². The lowest BCUT2D eigenvalue weighted by molar-refractivity contribution is -0.138. The molecule has 0 aromatic heterocycles. The van der Waals surface area contributed by atoms with Gasteiger partial charge in [-0.25, -0.2) is 0 Å². The number of aliphatic carboxylic acids is 1. The number of halogens is 1. The van der Waals surface area contributed by atoms with Crippen LogP contribution in [0.2, 0.25) is 5.02 Å². The molecular weight excluding hydrogens is 374 g/mol. The van der Waals surface area contributed by atoms with E-state index in [4.69, 9.17) is 16.7 Å². The zero-order valence-electron chi connectivity index (χ0n) is 13.4. The lowest BCUT2D eigenvalue weighted by atomic mass is 10.2. The predicted molar refractivity (Wildman–Crippen MR) is 104 cm³/mol. The number of nitrogens with zero attached hydrogens (tertiary/aromatic N) is 3. The van der Waals surface area contributed by atoms with Crippen molar-refractivity contribution in [2.45, 2.75) is 11.7 Å². The third-order valence-corrected chi connectivity index (χ3v) is 4.91. The van der Waals surface area contributed by atoms with E-state index in [0.717, 1.165) is 17.3 Å². The summed E-state index contributed by atoms with van der Waals surface area (Å²) in [6.07, 6.45) is 1.27. The molecule has 0 saturated carbocycles. The van der Waals surface area contributed by atoms with E-state index < -0.39 is 11.2 Å². The van der Waals surface area contributed by atoms with Crippen LogP contribution in [0.1, 0.15) is 12.0 Å². The number of rotatable bonds is 5. The van der Waals surface area contributed by atoms with Gasteiger partial charge in [0.25, 0.3) is 0 Å². The van der Waals surface area contributed by atoms with Crippen LogP contribution in [-0.4, -0.2) is 33.6 Å². The quantitative estimate of drug-likeness (QED) is 0.627. The second-order valence-corrected chi connectivity index (χ2v) is 7.00. The van der Waals surface area contributed by atoms with Gasteiger partial charge in [0, 0.05) is 5.02 Å². The first kappa shape index (κ1) is 18.2. The van der Waals surface area contributed by atoms with Gasteiger partial charge in [-0.2, -0.15) is 5.10 Å². The first-order chi connectivity index (χ1) is 12.5. The summed E-state index contributed by atoms with van der Waals surface area (Å²) in [5.74, 6) is -1.35. The lowest BCUT2D eigenvalue weighted by Crippen LogP contribution is -2.32. The highest BCUT2D eigenvalue weighted by Crippen LogP contribution is 2.33. The van der Waals surface area contributed by atoms with Crippen molar-refractivity contribution in [2.75, 3.05) is 4.90 Å². The monoisotopic (exact) mass is 387 g/mol. The Morgan fingerprint density at radius 1 is 1.19 bits per heavy atom. The molecule has 0 radical (unpaired) electrons. The molecule has 1 heterocycles. The van der Waals surface area contributed by atoms with E-state index in [-0.39, 0.29) is 12.3 Å². The van der Waals surface area contributed by atoms with Crippen molar-refractivity contribution in [1.82, 2.24) is 0 Å². The minimum absolute atomic E-state index is 0.271. The SMILES string of the molecule is O=C(O)C[C@@H]1SC(=NN=Cc2ccc(Cl)cc2)N(c2ccccc2)C1=O. The van der Waals surface area contributed by atoms with E-state index in [0.29, 0.717) is 15.9 Å². The number of thioether (sulfide) groups is 1. The minimum atomic E-state index is -1.03. The van der Waals surface area contributed by atoms with E-state index >= 15 is 0 Å². The standard InChI is InChI=1S/C18H14ClN3O3S/c19-13-8-6-12(7-9-13)11-20-21-18-22(14-4-2-1-3-5-14)17(25)15(26-18)10-16(23)24/h1-9,11,15H,10H2,(H,23,24)/t15-/m0/s1. The molecule has 0 unspecified atom stereocenters. The van der Waals surface area contributed by atoms with Crippen LogP contribution in [0.15, 0.2) is 64.8 Å². The maximum Gasteiger partial charge on any atom is 0.305 e. The number of hydrogen-bond acceptors (Lipinski definition) is 5. The molecule has 0 spiro atoms. The molecule has 1 amide bonds. The topological polar surface area (TPSA) is 82.3 Å². The highest BCUT2D eigenvalue weighted by Gasteiger charge is 2.40. The Balaban J connectivity index is 1.87. The third-order valence-electron chi connectivity index (χ3n) is 3.53. The average molecular weight is 388 g/mol. The van der Waals surface area contributed by atoms with Gasteiger partial charge in [0.1, 0.15) is 5.25 Å². The maximum atomic E-state index is 12.6. The molecule has 6 nitrogen and oxygen atoms in total. The van der Waals surface area contributed by atoms with Crippen LogP contribution in [0.25, 0.3) is 0 Å².